The first-order chi connectivity index (χ1) is 11.3. The molecule has 0 bridgehead atoms. The van der Waals surface area contributed by atoms with Crippen LogP contribution in [0.25, 0.3) is 6.08 Å². The van der Waals surface area contributed by atoms with E-state index in [0.717, 1.165) is 5.56 Å². The van der Waals surface area contributed by atoms with Crippen molar-refractivity contribution in [2.24, 2.45) is 0 Å². The summed E-state index contributed by atoms with van der Waals surface area (Å²) in [5.41, 5.74) is 0.0246. The minimum Gasteiger partial charge on any atom is -0.478 e. The second-order valence-corrected chi connectivity index (χ2v) is 6.13. The Kier molecular flexibility index (Phi) is 5.42. The van der Waals surface area contributed by atoms with E-state index < -0.39 is 11.6 Å². The van der Waals surface area contributed by atoms with Crippen LogP contribution in [0, 0.1) is 0 Å². The van der Waals surface area contributed by atoms with Crippen LogP contribution in [0.4, 0.5) is 0 Å². The standard InChI is InChI=1S/C19H17ClO4/c1-19(2,18(22)23)24-16-10-6-14(7-11-16)17(21)12-5-13-3-8-15(20)9-4-13/h3-12H,1-2H3,(H,22,23). The Hall–Kier alpha value is -2.59. The second-order valence-electron chi connectivity index (χ2n) is 5.69. The van der Waals surface area contributed by atoms with E-state index in [1.54, 1.807) is 42.5 Å². The van der Waals surface area contributed by atoms with Crippen LogP contribution < -0.4 is 4.74 Å². The van der Waals surface area contributed by atoms with Gasteiger partial charge in [-0.05, 0) is 61.9 Å². The number of rotatable bonds is 6. The van der Waals surface area contributed by atoms with Gasteiger partial charge >= 0.3 is 5.97 Å². The molecule has 5 heteroatoms. The molecule has 0 amide bonds. The van der Waals surface area contributed by atoms with Gasteiger partial charge in [0.05, 0.1) is 0 Å². The third-order valence-corrected chi connectivity index (χ3v) is 3.58. The van der Waals surface area contributed by atoms with E-state index in [2.05, 4.69) is 0 Å². The molecule has 0 aromatic heterocycles. The van der Waals surface area contributed by atoms with E-state index in [9.17, 15) is 9.59 Å². The normalized spacial score (nSPS) is 11.5. The van der Waals surface area contributed by atoms with Crippen LogP contribution in [0.5, 0.6) is 5.75 Å². The highest BCUT2D eigenvalue weighted by atomic mass is 35.5. The molecular weight excluding hydrogens is 328 g/mol. The van der Waals surface area contributed by atoms with Crippen molar-refractivity contribution in [3.05, 3.63) is 70.8 Å². The smallest absolute Gasteiger partial charge is 0.347 e. The first-order valence-electron chi connectivity index (χ1n) is 7.28. The molecule has 0 saturated heterocycles. The lowest BCUT2D eigenvalue weighted by molar-refractivity contribution is -0.152. The van der Waals surface area contributed by atoms with Crippen LogP contribution in [0.3, 0.4) is 0 Å². The highest BCUT2D eigenvalue weighted by molar-refractivity contribution is 6.30. The molecule has 0 radical (unpaired) electrons. The zero-order chi connectivity index (χ0) is 17.7. The van der Waals surface area contributed by atoms with Crippen molar-refractivity contribution in [2.45, 2.75) is 19.4 Å². The summed E-state index contributed by atoms with van der Waals surface area (Å²) in [5.74, 6) is -0.830. The fourth-order valence-corrected chi connectivity index (χ4v) is 1.99. The average Bonchev–Trinajstić information content (AvgIpc) is 2.54. The summed E-state index contributed by atoms with van der Waals surface area (Å²) in [4.78, 5) is 23.2. The predicted molar refractivity (Wildman–Crippen MR) is 93.6 cm³/mol. The van der Waals surface area contributed by atoms with Crippen molar-refractivity contribution >= 4 is 29.4 Å². The number of carbonyl (C=O) groups excluding carboxylic acids is 1. The summed E-state index contributed by atoms with van der Waals surface area (Å²) < 4.78 is 5.40. The molecular formula is C19H17ClO4. The molecule has 2 aromatic rings. The third kappa shape index (κ3) is 4.70. The van der Waals surface area contributed by atoms with Gasteiger partial charge in [-0.3, -0.25) is 4.79 Å². The fraction of sp³-hybridized carbons (Fsp3) is 0.158. The molecule has 24 heavy (non-hydrogen) atoms. The molecule has 0 aliphatic heterocycles. The topological polar surface area (TPSA) is 63.6 Å². The van der Waals surface area contributed by atoms with Crippen molar-refractivity contribution in [1.29, 1.82) is 0 Å². The van der Waals surface area contributed by atoms with Crippen molar-refractivity contribution in [1.82, 2.24) is 0 Å². The monoisotopic (exact) mass is 344 g/mol. The molecule has 4 nitrogen and oxygen atoms in total. The summed E-state index contributed by atoms with van der Waals surface area (Å²) in [6, 6.07) is 13.5. The van der Waals surface area contributed by atoms with Gasteiger partial charge < -0.3 is 9.84 Å². The van der Waals surface area contributed by atoms with Crippen LogP contribution in [-0.2, 0) is 4.79 Å². The zero-order valence-corrected chi connectivity index (χ0v) is 14.1. The van der Waals surface area contributed by atoms with Crippen molar-refractivity contribution in [3.8, 4) is 5.75 Å². The molecule has 2 aromatic carbocycles. The number of ketones is 1. The van der Waals surface area contributed by atoms with Gasteiger partial charge in [-0.2, -0.15) is 0 Å². The van der Waals surface area contributed by atoms with Crippen LogP contribution in [0.2, 0.25) is 5.02 Å². The molecule has 0 heterocycles. The molecule has 0 aliphatic rings. The van der Waals surface area contributed by atoms with Gasteiger partial charge in [0, 0.05) is 10.6 Å². The number of aliphatic carboxylic acids is 1. The SMILES string of the molecule is CC(C)(Oc1ccc(C(=O)C=Cc2ccc(Cl)cc2)cc1)C(=O)O. The number of carboxylic acid groups (broad SMARTS) is 1. The maximum Gasteiger partial charge on any atom is 0.347 e. The summed E-state index contributed by atoms with van der Waals surface area (Å²) in [6.45, 7) is 2.92. The summed E-state index contributed by atoms with van der Waals surface area (Å²) in [5, 5.41) is 9.68. The first kappa shape index (κ1) is 17.8. The number of hydrogen-bond acceptors (Lipinski definition) is 3. The number of ether oxygens (including phenoxy) is 1. The Balaban J connectivity index is 2.06. The lowest BCUT2D eigenvalue weighted by atomic mass is 10.1. The van der Waals surface area contributed by atoms with Crippen molar-refractivity contribution in [2.75, 3.05) is 0 Å². The van der Waals surface area contributed by atoms with Gasteiger partial charge in [0.15, 0.2) is 11.4 Å². The average molecular weight is 345 g/mol. The third-order valence-electron chi connectivity index (χ3n) is 3.32. The molecule has 1 N–H and O–H groups in total. The van der Waals surface area contributed by atoms with Crippen molar-refractivity contribution in [3.63, 3.8) is 0 Å². The number of halogens is 1. The Labute approximate surface area is 145 Å². The molecule has 0 aliphatic carbocycles. The molecule has 0 spiro atoms. The fourth-order valence-electron chi connectivity index (χ4n) is 1.87. The number of allylic oxidation sites excluding steroid dienone is 1. The molecule has 124 valence electrons. The second kappa shape index (κ2) is 7.32. The highest BCUT2D eigenvalue weighted by Crippen LogP contribution is 2.20. The lowest BCUT2D eigenvalue weighted by Crippen LogP contribution is -2.37. The van der Waals surface area contributed by atoms with Crippen LogP contribution >= 0.6 is 11.6 Å². The summed E-state index contributed by atoms with van der Waals surface area (Å²) >= 11 is 5.81. The summed E-state index contributed by atoms with van der Waals surface area (Å²) in [6.07, 6.45) is 3.18. The zero-order valence-electron chi connectivity index (χ0n) is 13.3. The Morgan fingerprint density at radius 2 is 1.62 bits per heavy atom. The molecule has 2 rings (SSSR count). The van der Waals surface area contributed by atoms with E-state index in [-0.39, 0.29) is 5.78 Å². The molecule has 0 unspecified atom stereocenters. The lowest BCUT2D eigenvalue weighted by Gasteiger charge is -2.21. The molecule has 0 saturated carbocycles. The largest absolute Gasteiger partial charge is 0.478 e. The van der Waals surface area contributed by atoms with E-state index in [4.69, 9.17) is 21.4 Å². The number of carbonyl (C=O) groups is 2. The number of carboxylic acids is 1. The van der Waals surface area contributed by atoms with E-state index in [0.29, 0.717) is 16.3 Å². The molecule has 0 fully saturated rings. The van der Waals surface area contributed by atoms with Gasteiger partial charge in [0.1, 0.15) is 5.75 Å². The van der Waals surface area contributed by atoms with Crippen LogP contribution in [0.1, 0.15) is 29.8 Å². The van der Waals surface area contributed by atoms with E-state index in [1.807, 2.05) is 12.1 Å². The van der Waals surface area contributed by atoms with Crippen molar-refractivity contribution < 1.29 is 19.4 Å². The summed E-state index contributed by atoms with van der Waals surface area (Å²) in [7, 11) is 0. The van der Waals surface area contributed by atoms with Crippen LogP contribution in [0.15, 0.2) is 54.6 Å². The van der Waals surface area contributed by atoms with Gasteiger partial charge in [-0.1, -0.05) is 29.8 Å². The van der Waals surface area contributed by atoms with Gasteiger partial charge in [0.2, 0.25) is 0 Å². The van der Waals surface area contributed by atoms with Gasteiger partial charge in [-0.25, -0.2) is 4.79 Å². The Morgan fingerprint density at radius 1 is 1.04 bits per heavy atom. The minimum absolute atomic E-state index is 0.158. The van der Waals surface area contributed by atoms with Crippen LogP contribution in [-0.4, -0.2) is 22.5 Å². The molecule has 0 atom stereocenters. The Bertz CT molecular complexity index is 759. The quantitative estimate of drug-likeness (QED) is 0.620. The van der Waals surface area contributed by atoms with Gasteiger partial charge in [-0.15, -0.1) is 0 Å². The van der Waals surface area contributed by atoms with E-state index in [1.165, 1.54) is 19.9 Å². The maximum absolute atomic E-state index is 12.1. The first-order valence-corrected chi connectivity index (χ1v) is 7.66. The van der Waals surface area contributed by atoms with Gasteiger partial charge in [0.25, 0.3) is 0 Å². The highest BCUT2D eigenvalue weighted by Gasteiger charge is 2.29. The number of benzene rings is 2. The Morgan fingerprint density at radius 3 is 2.17 bits per heavy atom. The number of hydrogen-bond donors (Lipinski definition) is 1. The minimum atomic E-state index is -1.33. The maximum atomic E-state index is 12.1. The van der Waals surface area contributed by atoms with E-state index >= 15 is 0 Å². The predicted octanol–water partition coefficient (Wildman–Crippen LogP) is 4.48.